The predicted octanol–water partition coefficient (Wildman–Crippen LogP) is 2.70. The normalized spacial score (nSPS) is 16.4. The van der Waals surface area contributed by atoms with Gasteiger partial charge in [0.25, 0.3) is 0 Å². The largest absolute Gasteiger partial charge is 0.493 e. The zero-order valence-electron chi connectivity index (χ0n) is 11.7. The van der Waals surface area contributed by atoms with E-state index in [2.05, 4.69) is 31.3 Å². The molecule has 1 aromatic rings. The summed E-state index contributed by atoms with van der Waals surface area (Å²) in [5.74, 6) is 1.62. The first kappa shape index (κ1) is 13.2. The van der Waals surface area contributed by atoms with Gasteiger partial charge in [-0.1, -0.05) is 0 Å². The highest BCUT2D eigenvalue weighted by Gasteiger charge is 2.23. The van der Waals surface area contributed by atoms with Gasteiger partial charge in [-0.25, -0.2) is 0 Å². The maximum absolute atomic E-state index is 5.36. The van der Waals surface area contributed by atoms with E-state index in [1.807, 2.05) is 0 Å². The topological polar surface area (TPSA) is 30.5 Å². The summed E-state index contributed by atoms with van der Waals surface area (Å²) in [4.78, 5) is 0. The lowest BCUT2D eigenvalue weighted by molar-refractivity contribution is 0.354. The van der Waals surface area contributed by atoms with Crippen LogP contribution in [0.1, 0.15) is 30.9 Å². The van der Waals surface area contributed by atoms with Crippen LogP contribution < -0.4 is 14.8 Å². The fraction of sp³-hybridized carbons (Fsp3) is 0.600. The van der Waals surface area contributed by atoms with Crippen molar-refractivity contribution in [2.45, 2.75) is 45.2 Å². The molecule has 1 atom stereocenters. The average molecular weight is 249 g/mol. The first-order valence-corrected chi connectivity index (χ1v) is 6.61. The first-order valence-electron chi connectivity index (χ1n) is 6.61. The lowest BCUT2D eigenvalue weighted by atomic mass is 10.0. The summed E-state index contributed by atoms with van der Waals surface area (Å²) in [7, 11) is 3.36. The maximum atomic E-state index is 5.36. The standard InChI is InChI=1S/C15H23NO2/c1-10-7-14(17-3)15(18-4)9-12(10)8-11(2)16-13-5-6-13/h7,9,11,13,16H,5-6,8H2,1-4H3. The molecule has 1 aliphatic rings. The van der Waals surface area contributed by atoms with Crippen LogP contribution in [0.15, 0.2) is 12.1 Å². The molecule has 3 heteroatoms. The van der Waals surface area contributed by atoms with Gasteiger partial charge in [-0.2, -0.15) is 0 Å². The van der Waals surface area contributed by atoms with Gasteiger partial charge in [0.1, 0.15) is 0 Å². The van der Waals surface area contributed by atoms with Crippen LogP contribution in [0.3, 0.4) is 0 Å². The van der Waals surface area contributed by atoms with Crippen LogP contribution in [-0.4, -0.2) is 26.3 Å². The molecular formula is C15H23NO2. The maximum Gasteiger partial charge on any atom is 0.161 e. The van der Waals surface area contributed by atoms with Crippen molar-refractivity contribution in [2.24, 2.45) is 0 Å². The molecule has 2 rings (SSSR count). The third kappa shape index (κ3) is 3.16. The molecule has 1 aliphatic carbocycles. The van der Waals surface area contributed by atoms with Crippen molar-refractivity contribution >= 4 is 0 Å². The minimum atomic E-state index is 0.509. The number of aryl methyl sites for hydroxylation is 1. The van der Waals surface area contributed by atoms with Crippen molar-refractivity contribution in [1.29, 1.82) is 0 Å². The van der Waals surface area contributed by atoms with Crippen molar-refractivity contribution < 1.29 is 9.47 Å². The molecule has 18 heavy (non-hydrogen) atoms. The summed E-state index contributed by atoms with van der Waals surface area (Å²) < 4.78 is 10.7. The number of hydrogen-bond donors (Lipinski definition) is 1. The van der Waals surface area contributed by atoms with Gasteiger partial charge in [-0.3, -0.25) is 0 Å². The molecule has 0 aromatic heterocycles. The summed E-state index contributed by atoms with van der Waals surface area (Å²) in [6.07, 6.45) is 3.69. The van der Waals surface area contributed by atoms with Crippen LogP contribution in [0.2, 0.25) is 0 Å². The number of methoxy groups -OCH3 is 2. The van der Waals surface area contributed by atoms with Gasteiger partial charge < -0.3 is 14.8 Å². The van der Waals surface area contributed by atoms with Gasteiger partial charge in [0.05, 0.1) is 14.2 Å². The highest BCUT2D eigenvalue weighted by atomic mass is 16.5. The Balaban J connectivity index is 2.10. The van der Waals surface area contributed by atoms with Gasteiger partial charge in [0.15, 0.2) is 11.5 Å². The SMILES string of the molecule is COc1cc(C)c(CC(C)NC2CC2)cc1OC. The van der Waals surface area contributed by atoms with Gasteiger partial charge in [0, 0.05) is 12.1 Å². The molecule has 0 amide bonds. The Labute approximate surface area is 109 Å². The van der Waals surface area contributed by atoms with Crippen LogP contribution in [-0.2, 0) is 6.42 Å². The van der Waals surface area contributed by atoms with Crippen molar-refractivity contribution in [3.05, 3.63) is 23.3 Å². The molecule has 0 spiro atoms. The van der Waals surface area contributed by atoms with Crippen LogP contribution in [0.5, 0.6) is 11.5 Å². The second-order valence-electron chi connectivity index (χ2n) is 5.18. The number of ether oxygens (including phenoxy) is 2. The van der Waals surface area contributed by atoms with E-state index in [0.29, 0.717) is 6.04 Å². The minimum Gasteiger partial charge on any atom is -0.493 e. The first-order chi connectivity index (χ1) is 8.63. The molecule has 1 fully saturated rings. The Hall–Kier alpha value is -1.22. The third-order valence-electron chi connectivity index (χ3n) is 3.47. The summed E-state index contributed by atoms with van der Waals surface area (Å²) in [6.45, 7) is 4.37. The molecule has 0 heterocycles. The lowest BCUT2D eigenvalue weighted by Gasteiger charge is -2.17. The zero-order chi connectivity index (χ0) is 13.1. The highest BCUT2D eigenvalue weighted by molar-refractivity contribution is 5.47. The molecule has 1 unspecified atom stereocenters. The smallest absolute Gasteiger partial charge is 0.161 e. The highest BCUT2D eigenvalue weighted by Crippen LogP contribution is 2.31. The Morgan fingerprint density at radius 1 is 1.22 bits per heavy atom. The average Bonchev–Trinajstić information content (AvgIpc) is 3.14. The number of rotatable bonds is 6. The summed E-state index contributed by atoms with van der Waals surface area (Å²) in [6, 6.07) is 5.41. The summed E-state index contributed by atoms with van der Waals surface area (Å²) in [5.41, 5.74) is 2.59. The Morgan fingerprint density at radius 3 is 2.39 bits per heavy atom. The van der Waals surface area contributed by atoms with E-state index in [1.165, 1.54) is 24.0 Å². The van der Waals surface area contributed by atoms with Gasteiger partial charge in [0.2, 0.25) is 0 Å². The molecular weight excluding hydrogens is 226 g/mol. The third-order valence-corrected chi connectivity index (χ3v) is 3.47. The predicted molar refractivity (Wildman–Crippen MR) is 73.6 cm³/mol. The molecule has 0 aliphatic heterocycles. The fourth-order valence-electron chi connectivity index (χ4n) is 2.28. The summed E-state index contributed by atoms with van der Waals surface area (Å²) >= 11 is 0. The molecule has 3 nitrogen and oxygen atoms in total. The van der Waals surface area contributed by atoms with Crippen LogP contribution in [0.4, 0.5) is 0 Å². The minimum absolute atomic E-state index is 0.509. The van der Waals surface area contributed by atoms with E-state index in [9.17, 15) is 0 Å². The molecule has 1 N–H and O–H groups in total. The number of hydrogen-bond acceptors (Lipinski definition) is 3. The van der Waals surface area contributed by atoms with E-state index in [4.69, 9.17) is 9.47 Å². The zero-order valence-corrected chi connectivity index (χ0v) is 11.7. The summed E-state index contributed by atoms with van der Waals surface area (Å²) in [5, 5.41) is 3.62. The van der Waals surface area contributed by atoms with Crippen LogP contribution in [0, 0.1) is 6.92 Å². The van der Waals surface area contributed by atoms with E-state index < -0.39 is 0 Å². The van der Waals surface area contributed by atoms with Gasteiger partial charge >= 0.3 is 0 Å². The lowest BCUT2D eigenvalue weighted by Crippen LogP contribution is -2.30. The molecule has 0 radical (unpaired) electrons. The van der Waals surface area contributed by atoms with E-state index in [0.717, 1.165) is 24.0 Å². The Bertz CT molecular complexity index is 413. The second-order valence-corrected chi connectivity index (χ2v) is 5.18. The monoisotopic (exact) mass is 249 g/mol. The quantitative estimate of drug-likeness (QED) is 0.841. The Morgan fingerprint density at radius 2 is 1.83 bits per heavy atom. The van der Waals surface area contributed by atoms with Crippen LogP contribution >= 0.6 is 0 Å². The molecule has 0 bridgehead atoms. The molecule has 1 aromatic carbocycles. The molecule has 1 saturated carbocycles. The van der Waals surface area contributed by atoms with Crippen LogP contribution in [0.25, 0.3) is 0 Å². The van der Waals surface area contributed by atoms with E-state index >= 15 is 0 Å². The second kappa shape index (κ2) is 5.61. The van der Waals surface area contributed by atoms with E-state index in [-0.39, 0.29) is 0 Å². The van der Waals surface area contributed by atoms with Gasteiger partial charge in [-0.05, 0) is 56.4 Å². The van der Waals surface area contributed by atoms with Crippen molar-refractivity contribution in [3.8, 4) is 11.5 Å². The fourth-order valence-corrected chi connectivity index (χ4v) is 2.28. The van der Waals surface area contributed by atoms with Gasteiger partial charge in [-0.15, -0.1) is 0 Å². The Kier molecular flexibility index (Phi) is 4.12. The van der Waals surface area contributed by atoms with E-state index in [1.54, 1.807) is 14.2 Å². The van der Waals surface area contributed by atoms with Crippen molar-refractivity contribution in [3.63, 3.8) is 0 Å². The number of nitrogens with one attached hydrogen (secondary N) is 1. The molecule has 100 valence electrons. The number of benzene rings is 1. The molecule has 0 saturated heterocycles. The van der Waals surface area contributed by atoms with Crippen molar-refractivity contribution in [2.75, 3.05) is 14.2 Å². The van der Waals surface area contributed by atoms with Crippen molar-refractivity contribution in [1.82, 2.24) is 5.32 Å².